The molecule has 0 aliphatic heterocycles. The summed E-state index contributed by atoms with van der Waals surface area (Å²) in [4.78, 5) is 31.3. The van der Waals surface area contributed by atoms with E-state index in [0.29, 0.717) is 6.42 Å². The molecule has 4 atom stereocenters. The average molecular weight is 328 g/mol. The van der Waals surface area contributed by atoms with Gasteiger partial charge in [0, 0.05) is 0 Å². The lowest BCUT2D eigenvalue weighted by atomic mass is 9.82. The number of aromatic nitrogens is 2. The standard InChI is InChI=1S/C13H11Cl2N3O3/c14-10-9(11(15)17-4-16-10)18-12(19)7-5-1-2-6(3-5)8(7)13(20)21/h1-2,4-8H,3H2,(H,18,19)(H,20,21). The van der Waals surface area contributed by atoms with Crippen LogP contribution in [-0.2, 0) is 9.59 Å². The van der Waals surface area contributed by atoms with Gasteiger partial charge in [-0.25, -0.2) is 9.97 Å². The molecule has 0 spiro atoms. The first-order chi connectivity index (χ1) is 9.99. The van der Waals surface area contributed by atoms with Crippen molar-refractivity contribution >= 4 is 40.8 Å². The van der Waals surface area contributed by atoms with Gasteiger partial charge in [-0.05, 0) is 18.3 Å². The smallest absolute Gasteiger partial charge is 0.307 e. The summed E-state index contributed by atoms with van der Waals surface area (Å²) >= 11 is 11.8. The van der Waals surface area contributed by atoms with Crippen LogP contribution in [-0.4, -0.2) is 27.0 Å². The summed E-state index contributed by atoms with van der Waals surface area (Å²) in [6, 6.07) is 0. The molecule has 0 aromatic carbocycles. The predicted octanol–water partition coefficient (Wildman–Crippen LogP) is 2.24. The van der Waals surface area contributed by atoms with Gasteiger partial charge in [0.1, 0.15) is 12.0 Å². The fourth-order valence-electron chi connectivity index (χ4n) is 3.17. The van der Waals surface area contributed by atoms with Crippen LogP contribution in [0.15, 0.2) is 18.5 Å². The minimum atomic E-state index is -0.964. The fourth-order valence-corrected chi connectivity index (χ4v) is 3.58. The van der Waals surface area contributed by atoms with Crippen LogP contribution in [0, 0.1) is 23.7 Å². The second-order valence-corrected chi connectivity index (χ2v) is 5.87. The van der Waals surface area contributed by atoms with Gasteiger partial charge in [0.15, 0.2) is 10.3 Å². The first-order valence-corrected chi connectivity index (χ1v) is 7.12. The molecule has 1 fully saturated rings. The first kappa shape index (κ1) is 14.3. The highest BCUT2D eigenvalue weighted by atomic mass is 35.5. The molecule has 0 saturated heterocycles. The number of carboxylic acids is 1. The van der Waals surface area contributed by atoms with E-state index in [4.69, 9.17) is 23.2 Å². The second kappa shape index (κ2) is 5.27. The quantitative estimate of drug-likeness (QED) is 0.656. The summed E-state index contributed by atoms with van der Waals surface area (Å²) in [5.74, 6) is -2.90. The average Bonchev–Trinajstić information content (AvgIpc) is 3.03. The maximum Gasteiger partial charge on any atom is 0.307 e. The fraction of sp³-hybridized carbons (Fsp3) is 0.385. The number of nitrogens with one attached hydrogen (secondary N) is 1. The van der Waals surface area contributed by atoms with Gasteiger partial charge in [-0.2, -0.15) is 0 Å². The normalized spacial score (nSPS) is 29.6. The summed E-state index contributed by atoms with van der Waals surface area (Å²) in [7, 11) is 0. The van der Waals surface area contributed by atoms with E-state index in [1.54, 1.807) is 0 Å². The number of fused-ring (bicyclic) bond motifs is 2. The number of hydrogen-bond donors (Lipinski definition) is 2. The molecule has 3 rings (SSSR count). The molecule has 2 aliphatic carbocycles. The SMILES string of the molecule is O=C(O)C1C2C=CC(C2)C1C(=O)Nc1c(Cl)ncnc1Cl. The molecule has 2 N–H and O–H groups in total. The van der Waals surface area contributed by atoms with E-state index in [2.05, 4.69) is 15.3 Å². The molecule has 2 bridgehead atoms. The Balaban J connectivity index is 1.85. The molecule has 0 radical (unpaired) electrons. The van der Waals surface area contributed by atoms with E-state index in [1.807, 2.05) is 12.2 Å². The summed E-state index contributed by atoms with van der Waals surface area (Å²) in [6.45, 7) is 0. The van der Waals surface area contributed by atoms with E-state index in [9.17, 15) is 14.7 Å². The van der Waals surface area contributed by atoms with Crippen LogP contribution in [0.5, 0.6) is 0 Å². The van der Waals surface area contributed by atoms with Crippen molar-refractivity contribution in [3.8, 4) is 0 Å². The Morgan fingerprint density at radius 1 is 1.14 bits per heavy atom. The number of aliphatic carboxylic acids is 1. The van der Waals surface area contributed by atoms with E-state index in [1.165, 1.54) is 6.33 Å². The van der Waals surface area contributed by atoms with Gasteiger partial charge in [-0.15, -0.1) is 0 Å². The van der Waals surface area contributed by atoms with Crippen molar-refractivity contribution in [3.05, 3.63) is 28.8 Å². The van der Waals surface area contributed by atoms with Crippen LogP contribution >= 0.6 is 23.2 Å². The number of carbonyl (C=O) groups excluding carboxylic acids is 1. The highest BCUT2D eigenvalue weighted by molar-refractivity contribution is 6.38. The van der Waals surface area contributed by atoms with E-state index < -0.39 is 23.7 Å². The molecule has 8 heteroatoms. The van der Waals surface area contributed by atoms with Gasteiger partial charge in [0.2, 0.25) is 5.91 Å². The summed E-state index contributed by atoms with van der Waals surface area (Å²) in [5.41, 5.74) is 0.113. The molecule has 6 nitrogen and oxygen atoms in total. The Bertz CT molecular complexity index is 629. The third kappa shape index (κ3) is 2.38. The third-order valence-electron chi connectivity index (χ3n) is 4.05. The number of carboxylic acid groups (broad SMARTS) is 1. The predicted molar refractivity (Wildman–Crippen MR) is 76.0 cm³/mol. The van der Waals surface area contributed by atoms with Crippen molar-refractivity contribution in [1.82, 2.24) is 9.97 Å². The van der Waals surface area contributed by atoms with Gasteiger partial charge in [-0.1, -0.05) is 35.4 Å². The minimum Gasteiger partial charge on any atom is -0.481 e. The second-order valence-electron chi connectivity index (χ2n) is 5.16. The zero-order chi connectivity index (χ0) is 15.1. The maximum absolute atomic E-state index is 12.4. The molecule has 1 aromatic rings. The van der Waals surface area contributed by atoms with Crippen LogP contribution in [0.2, 0.25) is 10.3 Å². The van der Waals surface area contributed by atoms with E-state index >= 15 is 0 Å². The lowest BCUT2D eigenvalue weighted by Gasteiger charge is -2.24. The largest absolute Gasteiger partial charge is 0.481 e. The van der Waals surface area contributed by atoms with Crippen molar-refractivity contribution in [2.75, 3.05) is 5.32 Å². The lowest BCUT2D eigenvalue weighted by Crippen LogP contribution is -2.36. The Hall–Kier alpha value is -1.66. The number of allylic oxidation sites excluding steroid dienone is 2. The summed E-state index contributed by atoms with van der Waals surface area (Å²) in [5, 5.41) is 11.9. The molecule has 1 heterocycles. The molecule has 1 saturated carbocycles. The Morgan fingerprint density at radius 2 is 1.71 bits per heavy atom. The number of nitrogens with zero attached hydrogens (tertiary/aromatic N) is 2. The summed E-state index contributed by atoms with van der Waals surface area (Å²) in [6.07, 6.45) is 5.64. The monoisotopic (exact) mass is 327 g/mol. The number of hydrogen-bond acceptors (Lipinski definition) is 4. The van der Waals surface area contributed by atoms with Crippen LogP contribution in [0.25, 0.3) is 0 Å². The van der Waals surface area contributed by atoms with Crippen molar-refractivity contribution in [2.45, 2.75) is 6.42 Å². The van der Waals surface area contributed by atoms with Gasteiger partial charge in [0.05, 0.1) is 11.8 Å². The Labute approximate surface area is 130 Å². The minimum absolute atomic E-state index is 0.0222. The molecule has 4 unspecified atom stereocenters. The molecule has 1 aromatic heterocycles. The zero-order valence-electron chi connectivity index (χ0n) is 10.7. The van der Waals surface area contributed by atoms with Crippen LogP contribution < -0.4 is 5.32 Å². The number of amides is 1. The van der Waals surface area contributed by atoms with E-state index in [0.717, 1.165) is 0 Å². The molecule has 21 heavy (non-hydrogen) atoms. The highest BCUT2D eigenvalue weighted by Gasteiger charge is 2.51. The molecular formula is C13H11Cl2N3O3. The number of carbonyl (C=O) groups is 2. The highest BCUT2D eigenvalue weighted by Crippen LogP contribution is 2.48. The number of halogens is 2. The van der Waals surface area contributed by atoms with Crippen molar-refractivity contribution in [1.29, 1.82) is 0 Å². The Morgan fingerprint density at radius 3 is 2.29 bits per heavy atom. The van der Waals surface area contributed by atoms with E-state index in [-0.39, 0.29) is 27.8 Å². The summed E-state index contributed by atoms with van der Waals surface area (Å²) < 4.78 is 0. The maximum atomic E-state index is 12.4. The van der Waals surface area contributed by atoms with Crippen molar-refractivity contribution in [3.63, 3.8) is 0 Å². The number of rotatable bonds is 3. The zero-order valence-corrected chi connectivity index (χ0v) is 12.2. The van der Waals surface area contributed by atoms with Gasteiger partial charge < -0.3 is 10.4 Å². The molecule has 2 aliphatic rings. The molecule has 1 amide bonds. The van der Waals surface area contributed by atoms with Gasteiger partial charge in [0.25, 0.3) is 0 Å². The third-order valence-corrected chi connectivity index (χ3v) is 4.62. The first-order valence-electron chi connectivity index (χ1n) is 6.37. The molecular weight excluding hydrogens is 317 g/mol. The molecule has 110 valence electrons. The van der Waals surface area contributed by atoms with Crippen LogP contribution in [0.3, 0.4) is 0 Å². The van der Waals surface area contributed by atoms with Gasteiger partial charge in [-0.3, -0.25) is 9.59 Å². The van der Waals surface area contributed by atoms with Gasteiger partial charge >= 0.3 is 5.97 Å². The van der Waals surface area contributed by atoms with Crippen LogP contribution in [0.1, 0.15) is 6.42 Å². The van der Waals surface area contributed by atoms with Crippen molar-refractivity contribution < 1.29 is 14.7 Å². The lowest BCUT2D eigenvalue weighted by molar-refractivity contribution is -0.146. The number of anilines is 1. The van der Waals surface area contributed by atoms with Crippen molar-refractivity contribution in [2.24, 2.45) is 23.7 Å². The van der Waals surface area contributed by atoms with Crippen LogP contribution in [0.4, 0.5) is 5.69 Å². The topological polar surface area (TPSA) is 92.2 Å². The Kier molecular flexibility index (Phi) is 3.59.